The average Bonchev–Trinajstić information content (AvgIpc) is 2.62. The zero-order chi connectivity index (χ0) is 14.3. The molecule has 3 heterocycles. The number of thiophene rings is 1. The molecule has 0 saturated carbocycles. The Bertz CT molecular complexity index is 757. The summed E-state index contributed by atoms with van der Waals surface area (Å²) in [5.41, 5.74) is 0. The van der Waals surface area contributed by atoms with Gasteiger partial charge in [-0.1, -0.05) is 0 Å². The van der Waals surface area contributed by atoms with Crippen molar-refractivity contribution >= 4 is 48.8 Å². The molecule has 0 radical (unpaired) electrons. The first kappa shape index (κ1) is 14.0. The first-order chi connectivity index (χ1) is 9.44. The van der Waals surface area contributed by atoms with E-state index in [0.717, 1.165) is 20.9 Å². The van der Waals surface area contributed by atoms with E-state index < -0.39 is 9.84 Å². The van der Waals surface area contributed by atoms with Crippen LogP contribution in [0.2, 0.25) is 5.28 Å². The first-order valence-corrected chi connectivity index (χ1v) is 9.35. The number of halogens is 1. The van der Waals surface area contributed by atoms with Crippen LogP contribution in [0.5, 0.6) is 0 Å². The lowest BCUT2D eigenvalue weighted by molar-refractivity contribution is 0.597. The van der Waals surface area contributed by atoms with Crippen LogP contribution in [0.15, 0.2) is 6.07 Å². The van der Waals surface area contributed by atoms with E-state index in [4.69, 9.17) is 11.6 Å². The lowest BCUT2D eigenvalue weighted by Gasteiger charge is -2.21. The number of rotatable bonds is 1. The van der Waals surface area contributed by atoms with Gasteiger partial charge < -0.3 is 4.90 Å². The summed E-state index contributed by atoms with van der Waals surface area (Å²) in [6.45, 7) is 3.15. The van der Waals surface area contributed by atoms with Crippen LogP contribution in [0, 0.1) is 6.92 Å². The highest BCUT2D eigenvalue weighted by atomic mass is 35.5. The standard InChI is InChI=1S/C12H14ClN3O2S2/c1-8-7-9-10(14-12(13)15-11(9)19-8)16-3-2-5-20(17,18)6-4-16/h7H,2-6H2,1H3. The average molecular weight is 332 g/mol. The molecule has 5 nitrogen and oxygen atoms in total. The number of anilines is 1. The number of hydrogen-bond donors (Lipinski definition) is 0. The monoisotopic (exact) mass is 331 g/mol. The minimum atomic E-state index is -2.93. The molecule has 1 aliphatic rings. The molecule has 1 aliphatic heterocycles. The van der Waals surface area contributed by atoms with Crippen LogP contribution < -0.4 is 4.90 Å². The van der Waals surface area contributed by atoms with Crippen molar-refractivity contribution in [3.8, 4) is 0 Å². The summed E-state index contributed by atoms with van der Waals surface area (Å²) in [6, 6.07) is 2.03. The number of fused-ring (bicyclic) bond motifs is 1. The zero-order valence-corrected chi connectivity index (χ0v) is 13.4. The maximum Gasteiger partial charge on any atom is 0.225 e. The van der Waals surface area contributed by atoms with Crippen molar-refractivity contribution in [2.45, 2.75) is 13.3 Å². The van der Waals surface area contributed by atoms with Crippen LogP contribution in [-0.2, 0) is 9.84 Å². The maximum atomic E-state index is 11.7. The molecule has 108 valence electrons. The summed E-state index contributed by atoms with van der Waals surface area (Å²) in [5, 5.41) is 1.16. The normalized spacial score (nSPS) is 19.2. The number of aromatic nitrogens is 2. The van der Waals surface area contributed by atoms with Gasteiger partial charge in [-0.2, -0.15) is 4.98 Å². The van der Waals surface area contributed by atoms with Gasteiger partial charge in [0.05, 0.1) is 16.9 Å². The highest BCUT2D eigenvalue weighted by Gasteiger charge is 2.22. The van der Waals surface area contributed by atoms with Crippen LogP contribution in [0.4, 0.5) is 5.82 Å². The molecule has 0 atom stereocenters. The largest absolute Gasteiger partial charge is 0.355 e. The van der Waals surface area contributed by atoms with Crippen molar-refractivity contribution in [1.82, 2.24) is 9.97 Å². The fourth-order valence-electron chi connectivity index (χ4n) is 2.39. The smallest absolute Gasteiger partial charge is 0.225 e. The fraction of sp³-hybridized carbons (Fsp3) is 0.500. The quantitative estimate of drug-likeness (QED) is 0.750. The number of aryl methyl sites for hydroxylation is 1. The van der Waals surface area contributed by atoms with Crippen molar-refractivity contribution in [2.24, 2.45) is 0 Å². The van der Waals surface area contributed by atoms with Crippen molar-refractivity contribution in [1.29, 1.82) is 0 Å². The molecule has 0 aromatic carbocycles. The Hall–Kier alpha value is -0.920. The van der Waals surface area contributed by atoms with Gasteiger partial charge in [0.2, 0.25) is 5.28 Å². The van der Waals surface area contributed by atoms with Crippen LogP contribution in [0.3, 0.4) is 0 Å². The molecule has 0 spiro atoms. The van der Waals surface area contributed by atoms with Crippen molar-refractivity contribution in [2.75, 3.05) is 29.5 Å². The van der Waals surface area contributed by atoms with E-state index in [9.17, 15) is 8.42 Å². The highest BCUT2D eigenvalue weighted by Crippen LogP contribution is 2.32. The topological polar surface area (TPSA) is 63.2 Å². The lowest BCUT2D eigenvalue weighted by atomic mass is 10.3. The molecule has 0 unspecified atom stereocenters. The SMILES string of the molecule is Cc1cc2c(N3CCCS(=O)(=O)CC3)nc(Cl)nc2s1. The van der Waals surface area contributed by atoms with E-state index in [0.29, 0.717) is 19.5 Å². The van der Waals surface area contributed by atoms with Gasteiger partial charge in [0.15, 0.2) is 9.84 Å². The predicted molar refractivity (Wildman–Crippen MR) is 82.6 cm³/mol. The summed E-state index contributed by atoms with van der Waals surface area (Å²) in [5.74, 6) is 1.16. The van der Waals surface area contributed by atoms with Crippen LogP contribution >= 0.6 is 22.9 Å². The second-order valence-electron chi connectivity index (χ2n) is 4.88. The van der Waals surface area contributed by atoms with Gasteiger partial charge in [-0.25, -0.2) is 13.4 Å². The van der Waals surface area contributed by atoms with Crippen molar-refractivity contribution < 1.29 is 8.42 Å². The van der Waals surface area contributed by atoms with Crippen molar-refractivity contribution in [3.05, 3.63) is 16.2 Å². The molecule has 1 fully saturated rings. The molecule has 20 heavy (non-hydrogen) atoms. The molecule has 8 heteroatoms. The molecule has 0 bridgehead atoms. The minimum Gasteiger partial charge on any atom is -0.355 e. The Labute approximate surface area is 126 Å². The molecule has 2 aromatic heterocycles. The van der Waals surface area contributed by atoms with Gasteiger partial charge >= 0.3 is 0 Å². The lowest BCUT2D eigenvalue weighted by Crippen LogP contribution is -2.27. The van der Waals surface area contributed by atoms with E-state index >= 15 is 0 Å². The number of nitrogens with zero attached hydrogens (tertiary/aromatic N) is 3. The molecular formula is C12H14ClN3O2S2. The van der Waals surface area contributed by atoms with Gasteiger partial charge in [-0.3, -0.25) is 0 Å². The van der Waals surface area contributed by atoms with Crippen LogP contribution in [0.25, 0.3) is 10.2 Å². The highest BCUT2D eigenvalue weighted by molar-refractivity contribution is 7.91. The van der Waals surface area contributed by atoms with Gasteiger partial charge in [0, 0.05) is 18.0 Å². The number of hydrogen-bond acceptors (Lipinski definition) is 6. The predicted octanol–water partition coefficient (Wildman–Crippen LogP) is 2.28. The Morgan fingerprint density at radius 2 is 2.10 bits per heavy atom. The number of sulfone groups is 1. The van der Waals surface area contributed by atoms with Crippen LogP contribution in [0.1, 0.15) is 11.3 Å². The first-order valence-electron chi connectivity index (χ1n) is 6.34. The molecular weight excluding hydrogens is 318 g/mol. The van der Waals surface area contributed by atoms with Crippen molar-refractivity contribution in [3.63, 3.8) is 0 Å². The Morgan fingerprint density at radius 3 is 2.90 bits per heavy atom. The maximum absolute atomic E-state index is 11.7. The third-order valence-electron chi connectivity index (χ3n) is 3.32. The summed E-state index contributed by atoms with van der Waals surface area (Å²) >= 11 is 7.56. The van der Waals surface area contributed by atoms with Gasteiger partial charge in [-0.05, 0) is 31.0 Å². The zero-order valence-electron chi connectivity index (χ0n) is 11.0. The molecule has 0 aliphatic carbocycles. The molecule has 0 amide bonds. The van der Waals surface area contributed by atoms with Crippen LogP contribution in [-0.4, -0.2) is 43.0 Å². The molecule has 0 N–H and O–H groups in total. The van der Waals surface area contributed by atoms with E-state index in [1.165, 1.54) is 0 Å². The van der Waals surface area contributed by atoms with E-state index in [2.05, 4.69) is 9.97 Å². The van der Waals surface area contributed by atoms with Gasteiger partial charge in [0.25, 0.3) is 0 Å². The summed E-state index contributed by atoms with van der Waals surface area (Å²) in [6.07, 6.45) is 0.620. The second kappa shape index (κ2) is 5.13. The third kappa shape index (κ3) is 2.75. The van der Waals surface area contributed by atoms with Gasteiger partial charge in [0.1, 0.15) is 10.6 Å². The van der Waals surface area contributed by atoms with E-state index in [-0.39, 0.29) is 16.8 Å². The minimum absolute atomic E-state index is 0.166. The molecule has 1 saturated heterocycles. The van der Waals surface area contributed by atoms with Gasteiger partial charge in [-0.15, -0.1) is 11.3 Å². The van der Waals surface area contributed by atoms with E-state index in [1.54, 1.807) is 11.3 Å². The Morgan fingerprint density at radius 1 is 1.30 bits per heavy atom. The Balaban J connectivity index is 2.05. The summed E-state index contributed by atoms with van der Waals surface area (Å²) < 4.78 is 23.4. The second-order valence-corrected chi connectivity index (χ2v) is 8.76. The fourth-order valence-corrected chi connectivity index (χ4v) is 4.75. The third-order valence-corrected chi connectivity index (χ3v) is 6.15. The molecule has 2 aromatic rings. The summed E-state index contributed by atoms with van der Waals surface area (Å²) in [4.78, 5) is 12.5. The van der Waals surface area contributed by atoms with E-state index in [1.807, 2.05) is 17.9 Å². The summed E-state index contributed by atoms with van der Waals surface area (Å²) in [7, 11) is -2.93. The molecule has 3 rings (SSSR count). The Kier molecular flexibility index (Phi) is 3.60.